The van der Waals surface area contributed by atoms with Crippen LogP contribution in [0.4, 0.5) is 5.69 Å². The second kappa shape index (κ2) is 6.89. The maximum absolute atomic E-state index is 12.2. The van der Waals surface area contributed by atoms with Crippen LogP contribution in [0.3, 0.4) is 0 Å². The summed E-state index contributed by atoms with van der Waals surface area (Å²) in [6.45, 7) is 5.75. The monoisotopic (exact) mass is 301 g/mol. The molecule has 22 heavy (non-hydrogen) atoms. The number of benzene rings is 1. The number of rotatable bonds is 5. The molecule has 0 saturated heterocycles. The van der Waals surface area contributed by atoms with E-state index >= 15 is 0 Å². The first kappa shape index (κ1) is 15.8. The number of carbonyl (C=O) groups excluding carboxylic acids is 1. The highest BCUT2D eigenvalue weighted by Gasteiger charge is 2.11. The molecule has 0 aliphatic rings. The van der Waals surface area contributed by atoms with Crippen LogP contribution in [-0.2, 0) is 11.3 Å². The zero-order valence-corrected chi connectivity index (χ0v) is 12.9. The molecule has 1 aromatic carbocycles. The van der Waals surface area contributed by atoms with Crippen LogP contribution in [0.25, 0.3) is 0 Å². The Labute approximate surface area is 128 Å². The Bertz CT molecular complexity index is 738. The number of aromatic nitrogens is 2. The average Bonchev–Trinajstić information content (AvgIpc) is 2.45. The van der Waals surface area contributed by atoms with E-state index in [0.29, 0.717) is 29.6 Å². The SMILES string of the molecule is CCOc1ccccc1NC(=O)Cn1c(C)nc(C)cc1=O. The maximum atomic E-state index is 12.2. The van der Waals surface area contributed by atoms with E-state index < -0.39 is 0 Å². The van der Waals surface area contributed by atoms with Gasteiger partial charge in [-0.25, -0.2) is 4.98 Å². The molecule has 0 spiro atoms. The molecule has 0 unspecified atom stereocenters. The molecule has 116 valence electrons. The zero-order valence-electron chi connectivity index (χ0n) is 12.9. The van der Waals surface area contributed by atoms with E-state index in [0.717, 1.165) is 0 Å². The number of para-hydroxylation sites is 2. The largest absolute Gasteiger partial charge is 0.492 e. The molecule has 0 bridgehead atoms. The first-order chi connectivity index (χ1) is 10.5. The van der Waals surface area contributed by atoms with Gasteiger partial charge in [-0.3, -0.25) is 14.2 Å². The van der Waals surface area contributed by atoms with Crippen molar-refractivity contribution in [3.8, 4) is 5.75 Å². The second-order valence-corrected chi connectivity index (χ2v) is 4.85. The van der Waals surface area contributed by atoms with Crippen molar-refractivity contribution in [3.05, 3.63) is 52.2 Å². The standard InChI is InChI=1S/C16H19N3O3/c1-4-22-14-8-6-5-7-13(14)18-15(20)10-19-12(3)17-11(2)9-16(19)21/h5-9H,4,10H2,1-3H3,(H,18,20). The number of hydrogen-bond acceptors (Lipinski definition) is 4. The minimum Gasteiger partial charge on any atom is -0.492 e. The quantitative estimate of drug-likeness (QED) is 0.915. The van der Waals surface area contributed by atoms with Crippen molar-refractivity contribution >= 4 is 11.6 Å². The minimum atomic E-state index is -0.303. The van der Waals surface area contributed by atoms with Crippen LogP contribution in [0.5, 0.6) is 5.75 Å². The third kappa shape index (κ3) is 3.72. The first-order valence-electron chi connectivity index (χ1n) is 7.08. The van der Waals surface area contributed by atoms with Crippen molar-refractivity contribution in [2.24, 2.45) is 0 Å². The molecule has 0 atom stereocenters. The summed E-state index contributed by atoms with van der Waals surface area (Å²) in [6.07, 6.45) is 0. The van der Waals surface area contributed by atoms with Crippen molar-refractivity contribution in [2.75, 3.05) is 11.9 Å². The van der Waals surface area contributed by atoms with Gasteiger partial charge in [0.1, 0.15) is 18.1 Å². The van der Waals surface area contributed by atoms with E-state index in [1.807, 2.05) is 19.1 Å². The predicted molar refractivity (Wildman–Crippen MR) is 84.2 cm³/mol. The molecule has 1 N–H and O–H groups in total. The third-order valence-electron chi connectivity index (χ3n) is 3.09. The number of hydrogen-bond donors (Lipinski definition) is 1. The Morgan fingerprint density at radius 3 is 2.73 bits per heavy atom. The van der Waals surface area contributed by atoms with Gasteiger partial charge in [-0.15, -0.1) is 0 Å². The van der Waals surface area contributed by atoms with Gasteiger partial charge in [0, 0.05) is 11.8 Å². The highest BCUT2D eigenvalue weighted by molar-refractivity contribution is 5.92. The summed E-state index contributed by atoms with van der Waals surface area (Å²) in [4.78, 5) is 28.3. The van der Waals surface area contributed by atoms with Gasteiger partial charge in [0.2, 0.25) is 5.91 Å². The number of anilines is 1. The Kier molecular flexibility index (Phi) is 4.93. The molecule has 1 heterocycles. The van der Waals surface area contributed by atoms with Gasteiger partial charge in [-0.2, -0.15) is 0 Å². The molecule has 1 aromatic heterocycles. The lowest BCUT2D eigenvalue weighted by molar-refractivity contribution is -0.116. The lowest BCUT2D eigenvalue weighted by Crippen LogP contribution is -2.30. The summed E-state index contributed by atoms with van der Waals surface area (Å²) >= 11 is 0. The molecule has 0 aliphatic heterocycles. The molecule has 0 aliphatic carbocycles. The second-order valence-electron chi connectivity index (χ2n) is 4.85. The summed E-state index contributed by atoms with van der Waals surface area (Å²) in [5.74, 6) is 0.811. The Morgan fingerprint density at radius 1 is 1.32 bits per heavy atom. The van der Waals surface area contributed by atoms with Crippen LogP contribution < -0.4 is 15.6 Å². The van der Waals surface area contributed by atoms with E-state index in [4.69, 9.17) is 4.74 Å². The highest BCUT2D eigenvalue weighted by Crippen LogP contribution is 2.23. The average molecular weight is 301 g/mol. The van der Waals surface area contributed by atoms with Gasteiger partial charge in [-0.1, -0.05) is 12.1 Å². The molecule has 2 rings (SSSR count). The van der Waals surface area contributed by atoms with Gasteiger partial charge < -0.3 is 10.1 Å². The minimum absolute atomic E-state index is 0.0849. The fraction of sp³-hybridized carbons (Fsp3) is 0.312. The number of ether oxygens (including phenoxy) is 1. The Morgan fingerprint density at radius 2 is 2.05 bits per heavy atom. The highest BCUT2D eigenvalue weighted by atomic mass is 16.5. The Hall–Kier alpha value is -2.63. The molecule has 0 fully saturated rings. The molecule has 6 heteroatoms. The molecule has 0 saturated carbocycles. The summed E-state index contributed by atoms with van der Waals surface area (Å²) in [7, 11) is 0. The van der Waals surface area contributed by atoms with E-state index in [1.165, 1.54) is 10.6 Å². The van der Waals surface area contributed by atoms with E-state index in [1.54, 1.807) is 26.0 Å². The molecular weight excluding hydrogens is 282 g/mol. The van der Waals surface area contributed by atoms with Gasteiger partial charge in [0.25, 0.3) is 5.56 Å². The van der Waals surface area contributed by atoms with Crippen molar-refractivity contribution in [2.45, 2.75) is 27.3 Å². The summed E-state index contributed by atoms with van der Waals surface area (Å²) in [6, 6.07) is 8.59. The van der Waals surface area contributed by atoms with E-state index in [2.05, 4.69) is 10.3 Å². The lowest BCUT2D eigenvalue weighted by atomic mass is 10.3. The van der Waals surface area contributed by atoms with Gasteiger partial charge >= 0.3 is 0 Å². The fourth-order valence-electron chi connectivity index (χ4n) is 2.14. The van der Waals surface area contributed by atoms with Crippen LogP contribution in [0.15, 0.2) is 35.1 Å². The lowest BCUT2D eigenvalue weighted by Gasteiger charge is -2.13. The summed E-state index contributed by atoms with van der Waals surface area (Å²) in [5, 5.41) is 2.76. The Balaban J connectivity index is 2.16. The molecule has 6 nitrogen and oxygen atoms in total. The first-order valence-corrected chi connectivity index (χ1v) is 7.08. The molecular formula is C16H19N3O3. The predicted octanol–water partition coefficient (Wildman–Crippen LogP) is 1.90. The van der Waals surface area contributed by atoms with Crippen molar-refractivity contribution in [1.82, 2.24) is 9.55 Å². The molecule has 2 aromatic rings. The van der Waals surface area contributed by atoms with Crippen LogP contribution >= 0.6 is 0 Å². The summed E-state index contributed by atoms with van der Waals surface area (Å²) < 4.78 is 6.79. The van der Waals surface area contributed by atoms with Gasteiger partial charge in [0.05, 0.1) is 12.3 Å². The van der Waals surface area contributed by atoms with Gasteiger partial charge in [0.15, 0.2) is 0 Å². The van der Waals surface area contributed by atoms with E-state index in [-0.39, 0.29) is 18.0 Å². The van der Waals surface area contributed by atoms with Crippen LogP contribution in [0.1, 0.15) is 18.4 Å². The normalized spacial score (nSPS) is 10.3. The van der Waals surface area contributed by atoms with E-state index in [9.17, 15) is 9.59 Å². The maximum Gasteiger partial charge on any atom is 0.254 e. The van der Waals surface area contributed by atoms with Crippen LogP contribution in [-0.4, -0.2) is 22.1 Å². The van der Waals surface area contributed by atoms with Crippen LogP contribution in [0.2, 0.25) is 0 Å². The summed E-state index contributed by atoms with van der Waals surface area (Å²) in [5.41, 5.74) is 0.985. The van der Waals surface area contributed by atoms with Crippen molar-refractivity contribution in [3.63, 3.8) is 0 Å². The number of aryl methyl sites for hydroxylation is 2. The number of amides is 1. The van der Waals surface area contributed by atoms with Crippen molar-refractivity contribution < 1.29 is 9.53 Å². The smallest absolute Gasteiger partial charge is 0.254 e. The zero-order chi connectivity index (χ0) is 16.1. The molecule has 0 radical (unpaired) electrons. The van der Waals surface area contributed by atoms with Crippen molar-refractivity contribution in [1.29, 1.82) is 0 Å². The topological polar surface area (TPSA) is 73.2 Å². The molecule has 1 amide bonds. The third-order valence-corrected chi connectivity index (χ3v) is 3.09. The van der Waals surface area contributed by atoms with Gasteiger partial charge in [-0.05, 0) is 32.9 Å². The number of nitrogens with zero attached hydrogens (tertiary/aromatic N) is 2. The number of carbonyl (C=O) groups is 1. The number of nitrogens with one attached hydrogen (secondary N) is 1. The van der Waals surface area contributed by atoms with Crippen LogP contribution in [0, 0.1) is 13.8 Å². The fourth-order valence-corrected chi connectivity index (χ4v) is 2.14.